The van der Waals surface area contributed by atoms with E-state index in [9.17, 15) is 0 Å². The average molecular weight is 277 g/mol. The van der Waals surface area contributed by atoms with E-state index >= 15 is 0 Å². The van der Waals surface area contributed by atoms with Crippen LogP contribution in [0.5, 0.6) is 0 Å². The van der Waals surface area contributed by atoms with Gasteiger partial charge in [0.25, 0.3) is 0 Å². The van der Waals surface area contributed by atoms with Crippen molar-refractivity contribution in [2.24, 2.45) is 25.3 Å². The molecule has 1 aliphatic rings. The zero-order valence-corrected chi connectivity index (χ0v) is 10.1. The second kappa shape index (κ2) is 4.38. The first-order valence-electron chi connectivity index (χ1n) is 4.04. The fourth-order valence-electron chi connectivity index (χ4n) is 1.12. The number of benzene rings is 1. The van der Waals surface area contributed by atoms with Crippen LogP contribution in [0.15, 0.2) is 19.8 Å². The molecule has 0 spiro atoms. The molecule has 0 bridgehead atoms. The quantitative estimate of drug-likeness (QED) is 0.322. The summed E-state index contributed by atoms with van der Waals surface area (Å²) >= 11 is 13.0. The molecule has 1 aromatic rings. The summed E-state index contributed by atoms with van der Waals surface area (Å²) in [7, 11) is 0. The summed E-state index contributed by atoms with van der Waals surface area (Å²) in [6.07, 6.45) is 0. The number of nitrogens with two attached hydrogens (primary N) is 2. The van der Waals surface area contributed by atoms with Crippen molar-refractivity contribution in [3.05, 3.63) is 16.1 Å². The molecule has 6 nitrogen and oxygen atoms in total. The third-order valence-corrected chi connectivity index (χ3v) is 2.90. The molecule has 1 aromatic carbocycles. The van der Waals surface area contributed by atoms with E-state index in [-0.39, 0.29) is 5.96 Å². The van der Waals surface area contributed by atoms with E-state index in [4.69, 9.17) is 34.8 Å². The molecule has 0 radical (unpaired) electrons. The minimum Gasteiger partial charge on any atom is -0.369 e. The van der Waals surface area contributed by atoms with Crippen LogP contribution < -0.4 is 17.0 Å². The molecule has 5 N–H and O–H groups in total. The van der Waals surface area contributed by atoms with E-state index in [1.165, 1.54) is 6.07 Å². The molecule has 9 heteroatoms. The van der Waals surface area contributed by atoms with E-state index in [1.807, 2.05) is 0 Å². The first-order chi connectivity index (χ1) is 7.63. The van der Waals surface area contributed by atoms with Crippen LogP contribution in [0.2, 0.25) is 10.0 Å². The molecule has 0 saturated heterocycles. The standard InChI is InChI=1S/C7H6Cl2N6S/c8-2-1-3(9)5-6(15-16-14-5)4(2)12-7(10)13-11/h1H,11H2,(H3,10,12,13). The molecule has 0 fully saturated rings. The maximum absolute atomic E-state index is 5.99. The summed E-state index contributed by atoms with van der Waals surface area (Å²) in [5.74, 6) is 5.14. The topological polar surface area (TPSA) is 101 Å². The Morgan fingerprint density at radius 1 is 1.31 bits per heavy atom. The minimum absolute atomic E-state index is 0.0264. The normalized spacial score (nSPS) is 13.6. The maximum atomic E-state index is 5.99. The van der Waals surface area contributed by atoms with Gasteiger partial charge in [0.1, 0.15) is 17.1 Å². The van der Waals surface area contributed by atoms with Crippen LogP contribution in [0, 0.1) is 0 Å². The van der Waals surface area contributed by atoms with Gasteiger partial charge in [-0.05, 0) is 6.07 Å². The van der Waals surface area contributed by atoms with Gasteiger partial charge in [0.2, 0.25) is 5.96 Å². The van der Waals surface area contributed by atoms with Gasteiger partial charge in [0.05, 0.1) is 21.4 Å². The van der Waals surface area contributed by atoms with Crippen LogP contribution in [0.4, 0.5) is 17.1 Å². The molecule has 1 aliphatic heterocycles. The Morgan fingerprint density at radius 3 is 2.69 bits per heavy atom. The Bertz CT molecular complexity index is 548. The Labute approximate surface area is 104 Å². The van der Waals surface area contributed by atoms with E-state index in [2.05, 4.69) is 19.1 Å². The number of hydrazine groups is 1. The summed E-state index contributed by atoms with van der Waals surface area (Å²) in [5, 5.41) is 0.760. The van der Waals surface area contributed by atoms with Crippen LogP contribution in [-0.2, 0) is 11.4 Å². The van der Waals surface area contributed by atoms with Crippen molar-refractivity contribution in [2.45, 2.75) is 0 Å². The summed E-state index contributed by atoms with van der Waals surface area (Å²) in [6, 6.07) is 1.54. The lowest BCUT2D eigenvalue weighted by Crippen LogP contribution is -2.36. The maximum Gasteiger partial charge on any atom is 0.208 e. The Hall–Kier alpha value is -1.15. The largest absolute Gasteiger partial charge is 0.369 e. The lowest BCUT2D eigenvalue weighted by atomic mass is 10.2. The summed E-state index contributed by atoms with van der Waals surface area (Å²) in [6.45, 7) is 0. The van der Waals surface area contributed by atoms with Crippen molar-refractivity contribution in [2.75, 3.05) is 0 Å². The van der Waals surface area contributed by atoms with Crippen LogP contribution in [-0.4, -0.2) is 5.96 Å². The van der Waals surface area contributed by atoms with E-state index in [1.54, 1.807) is 0 Å². The molecule has 0 aliphatic carbocycles. The van der Waals surface area contributed by atoms with Crippen molar-refractivity contribution >= 4 is 57.6 Å². The number of hydrogen-bond acceptors (Lipinski definition) is 4. The summed E-state index contributed by atoms with van der Waals surface area (Å²) < 4.78 is 8.09. The third-order valence-electron chi connectivity index (χ3n) is 1.80. The lowest BCUT2D eigenvalue weighted by Gasteiger charge is -2.05. The molecule has 1 heterocycles. The van der Waals surface area contributed by atoms with Crippen LogP contribution in [0.1, 0.15) is 0 Å². The average Bonchev–Trinajstić information content (AvgIpc) is 2.73. The van der Waals surface area contributed by atoms with Gasteiger partial charge in [-0.3, -0.25) is 5.43 Å². The molecule has 16 heavy (non-hydrogen) atoms. The van der Waals surface area contributed by atoms with E-state index < -0.39 is 0 Å². The SMILES string of the molecule is NNC(N)=Nc1c(Cl)cc(Cl)c2c1N=S=N2. The Morgan fingerprint density at radius 2 is 2.00 bits per heavy atom. The fourth-order valence-corrected chi connectivity index (χ4v) is 2.27. The Kier molecular flexibility index (Phi) is 3.10. The van der Waals surface area contributed by atoms with Crippen molar-refractivity contribution < 1.29 is 0 Å². The predicted molar refractivity (Wildman–Crippen MR) is 66.6 cm³/mol. The smallest absolute Gasteiger partial charge is 0.208 e. The van der Waals surface area contributed by atoms with Gasteiger partial charge in [-0.2, -0.15) is 8.73 Å². The Balaban J connectivity index is 2.64. The fraction of sp³-hybridized carbons (Fsp3) is 0. The van der Waals surface area contributed by atoms with Crippen molar-refractivity contribution in [3.63, 3.8) is 0 Å². The summed E-state index contributed by atoms with van der Waals surface area (Å²) in [5.41, 5.74) is 9.09. The van der Waals surface area contributed by atoms with Crippen LogP contribution in [0.3, 0.4) is 0 Å². The number of nitrogens with zero attached hydrogens (tertiary/aromatic N) is 3. The molecule has 0 aromatic heterocycles. The van der Waals surface area contributed by atoms with E-state index in [0.717, 1.165) is 11.4 Å². The first-order valence-corrected chi connectivity index (χ1v) is 5.53. The van der Waals surface area contributed by atoms with Crippen molar-refractivity contribution in [1.82, 2.24) is 5.43 Å². The monoisotopic (exact) mass is 276 g/mol. The number of guanidine groups is 1. The second-order valence-electron chi connectivity index (χ2n) is 2.79. The van der Waals surface area contributed by atoms with Gasteiger partial charge >= 0.3 is 0 Å². The van der Waals surface area contributed by atoms with Gasteiger partial charge in [-0.1, -0.05) is 23.2 Å². The highest BCUT2D eigenvalue weighted by molar-refractivity contribution is 7.58. The molecular weight excluding hydrogens is 271 g/mol. The number of halogens is 2. The first kappa shape index (κ1) is 11.3. The number of fused-ring (bicyclic) bond motifs is 1. The number of hydrogen-bond donors (Lipinski definition) is 3. The third kappa shape index (κ3) is 1.90. The molecule has 0 saturated carbocycles. The minimum atomic E-state index is 0.0264. The molecule has 84 valence electrons. The molecule has 0 unspecified atom stereocenters. The lowest BCUT2D eigenvalue weighted by molar-refractivity contribution is 1.01. The van der Waals surface area contributed by atoms with Gasteiger partial charge in [0.15, 0.2) is 0 Å². The molecule has 0 amide bonds. The van der Waals surface area contributed by atoms with Gasteiger partial charge in [0, 0.05) is 0 Å². The molecular formula is C7H6Cl2N6S. The van der Waals surface area contributed by atoms with Gasteiger partial charge < -0.3 is 5.73 Å². The predicted octanol–water partition coefficient (Wildman–Crippen LogP) is 2.13. The highest BCUT2D eigenvalue weighted by atomic mass is 35.5. The molecule has 2 rings (SSSR count). The highest BCUT2D eigenvalue weighted by Gasteiger charge is 2.18. The van der Waals surface area contributed by atoms with Crippen LogP contribution in [0.25, 0.3) is 0 Å². The second-order valence-corrected chi connectivity index (χ2v) is 4.13. The molecule has 0 atom stereocenters. The zero-order chi connectivity index (χ0) is 11.7. The summed E-state index contributed by atoms with van der Waals surface area (Å²) in [4.78, 5) is 3.99. The van der Waals surface area contributed by atoms with Crippen molar-refractivity contribution in [1.29, 1.82) is 0 Å². The van der Waals surface area contributed by atoms with Gasteiger partial charge in [-0.15, -0.1) is 0 Å². The van der Waals surface area contributed by atoms with Crippen LogP contribution >= 0.6 is 23.2 Å². The van der Waals surface area contributed by atoms with Crippen molar-refractivity contribution in [3.8, 4) is 0 Å². The number of rotatable bonds is 1. The zero-order valence-electron chi connectivity index (χ0n) is 7.74. The van der Waals surface area contributed by atoms with Gasteiger partial charge in [-0.25, -0.2) is 10.8 Å². The highest BCUT2D eigenvalue weighted by Crippen LogP contribution is 2.48. The number of nitrogens with one attached hydrogen (secondary N) is 1. The van der Waals surface area contributed by atoms with E-state index in [0.29, 0.717) is 27.1 Å². The number of aliphatic imine (C=N–C) groups is 1.